The Bertz CT molecular complexity index is 1200. The van der Waals surface area contributed by atoms with E-state index < -0.39 is 12.7 Å². The van der Waals surface area contributed by atoms with E-state index in [4.69, 9.17) is 21.8 Å². The standard InChI is InChI=1S/C16H15ClF2N8.C2H6O2.C2H6/c1-26-24-15(23-25-26)7-2-3-8(4-7)27-6-20-12-11-9(13(17)22-16(12)27)5-10(21-11)14(18)19;1-2(3)4;1-2/h5-8,14,21H,2-4H2,1H3;2-4H,1H3;1-2H3. The zero-order valence-corrected chi connectivity index (χ0v) is 19.5. The third-order valence-electron chi connectivity index (χ3n) is 5.19. The van der Waals surface area contributed by atoms with Gasteiger partial charge in [-0.05, 0) is 37.5 Å². The lowest BCUT2D eigenvalue weighted by molar-refractivity contribution is -0.0228. The van der Waals surface area contributed by atoms with E-state index in [-0.39, 0.29) is 22.8 Å². The zero-order chi connectivity index (χ0) is 24.3. The van der Waals surface area contributed by atoms with Crippen LogP contribution in [0.4, 0.5) is 8.78 Å². The summed E-state index contributed by atoms with van der Waals surface area (Å²) < 4.78 is 28.1. The second kappa shape index (κ2) is 10.5. The lowest BCUT2D eigenvalue weighted by Crippen LogP contribution is -2.06. The molecule has 1 aliphatic carbocycles. The summed E-state index contributed by atoms with van der Waals surface area (Å²) >= 11 is 6.27. The van der Waals surface area contributed by atoms with Gasteiger partial charge in [-0.25, -0.2) is 18.7 Å². The molecule has 180 valence electrons. The summed E-state index contributed by atoms with van der Waals surface area (Å²) in [6.07, 6.45) is 0.609. The molecule has 0 saturated heterocycles. The van der Waals surface area contributed by atoms with Crippen LogP contribution in [-0.4, -0.2) is 56.2 Å². The molecule has 1 aliphatic rings. The van der Waals surface area contributed by atoms with E-state index in [0.29, 0.717) is 22.1 Å². The summed E-state index contributed by atoms with van der Waals surface area (Å²) in [5.74, 6) is 0.958. The number of halogens is 3. The summed E-state index contributed by atoms with van der Waals surface area (Å²) in [5.41, 5.74) is 1.44. The Morgan fingerprint density at radius 2 is 1.94 bits per heavy atom. The fraction of sp³-hybridized carbons (Fsp3) is 0.550. The molecule has 33 heavy (non-hydrogen) atoms. The van der Waals surface area contributed by atoms with Gasteiger partial charge in [-0.15, -0.1) is 10.2 Å². The summed E-state index contributed by atoms with van der Waals surface area (Å²) in [7, 11) is 1.74. The first-order valence-electron chi connectivity index (χ1n) is 10.7. The molecule has 0 spiro atoms. The van der Waals surface area contributed by atoms with Gasteiger partial charge in [0, 0.05) is 17.3 Å². The first-order valence-corrected chi connectivity index (χ1v) is 11.0. The summed E-state index contributed by atoms with van der Waals surface area (Å²) in [4.78, 5) is 13.1. The highest BCUT2D eigenvalue weighted by atomic mass is 35.5. The molecular formula is C20H27ClF2N8O2. The van der Waals surface area contributed by atoms with Gasteiger partial charge in [0.25, 0.3) is 6.43 Å². The summed E-state index contributed by atoms with van der Waals surface area (Å²) in [5, 5.41) is 28.2. The maximum absolute atomic E-state index is 13.1. The van der Waals surface area contributed by atoms with Crippen molar-refractivity contribution < 1.29 is 19.0 Å². The Kier molecular flexibility index (Phi) is 7.92. The van der Waals surface area contributed by atoms with Crippen LogP contribution in [0.5, 0.6) is 0 Å². The first-order chi connectivity index (χ1) is 15.7. The first kappa shape index (κ1) is 24.9. The Morgan fingerprint density at radius 3 is 2.55 bits per heavy atom. The Morgan fingerprint density at radius 1 is 1.24 bits per heavy atom. The van der Waals surface area contributed by atoms with Crippen LogP contribution in [0.3, 0.4) is 0 Å². The van der Waals surface area contributed by atoms with Gasteiger partial charge in [-0.1, -0.05) is 25.4 Å². The molecule has 4 heterocycles. The van der Waals surface area contributed by atoms with Crippen LogP contribution >= 0.6 is 11.6 Å². The third kappa shape index (κ3) is 5.28. The van der Waals surface area contributed by atoms with Crippen LogP contribution in [0, 0.1) is 0 Å². The highest BCUT2D eigenvalue weighted by Gasteiger charge is 2.31. The number of aromatic nitrogens is 8. The minimum absolute atomic E-state index is 0.161. The van der Waals surface area contributed by atoms with Gasteiger partial charge in [0.2, 0.25) is 0 Å². The van der Waals surface area contributed by atoms with E-state index in [0.717, 1.165) is 25.1 Å². The van der Waals surface area contributed by atoms with E-state index in [9.17, 15) is 8.78 Å². The van der Waals surface area contributed by atoms with E-state index >= 15 is 0 Å². The SMILES string of the molecule is CC.CC(O)O.Cn1nnc(C2CCC(n3cnc4c5[nH]c(C(F)F)cc5c(Cl)nc43)C2)n1. The van der Waals surface area contributed by atoms with E-state index in [1.807, 2.05) is 18.4 Å². The number of aliphatic hydroxyl groups is 2. The molecule has 5 rings (SSSR count). The molecule has 2 atom stereocenters. The molecule has 0 amide bonds. The fourth-order valence-corrected chi connectivity index (χ4v) is 4.14. The van der Waals surface area contributed by atoms with Gasteiger partial charge >= 0.3 is 0 Å². The number of rotatable bonds is 3. The van der Waals surface area contributed by atoms with E-state index in [1.165, 1.54) is 17.8 Å². The number of alkyl halides is 2. The van der Waals surface area contributed by atoms with E-state index in [1.54, 1.807) is 13.4 Å². The van der Waals surface area contributed by atoms with Gasteiger partial charge in [-0.2, -0.15) is 4.80 Å². The second-order valence-corrected chi connectivity index (χ2v) is 7.83. The van der Waals surface area contributed by atoms with Crippen molar-refractivity contribution in [2.75, 3.05) is 0 Å². The predicted molar refractivity (Wildman–Crippen MR) is 119 cm³/mol. The van der Waals surface area contributed by atoms with Gasteiger partial charge in [0.05, 0.1) is 24.6 Å². The molecule has 4 aromatic rings. The van der Waals surface area contributed by atoms with Crippen molar-refractivity contribution in [3.05, 3.63) is 29.1 Å². The number of aromatic amines is 1. The molecule has 10 nitrogen and oxygen atoms in total. The Balaban J connectivity index is 0.000000464. The molecular weight excluding hydrogens is 458 g/mol. The lowest BCUT2D eigenvalue weighted by Gasteiger charge is -2.12. The molecule has 0 bridgehead atoms. The maximum Gasteiger partial charge on any atom is 0.278 e. The number of hydrogen-bond acceptors (Lipinski definition) is 7. The van der Waals surface area contributed by atoms with E-state index in [2.05, 4.69) is 30.4 Å². The highest BCUT2D eigenvalue weighted by Crippen LogP contribution is 2.41. The minimum Gasteiger partial charge on any atom is -0.368 e. The molecule has 1 saturated carbocycles. The van der Waals surface area contributed by atoms with Crippen molar-refractivity contribution in [1.82, 2.24) is 39.7 Å². The largest absolute Gasteiger partial charge is 0.368 e. The van der Waals surface area contributed by atoms with Crippen molar-refractivity contribution in [2.24, 2.45) is 7.05 Å². The Hall–Kier alpha value is -2.70. The number of imidazole rings is 1. The average Bonchev–Trinajstić information content (AvgIpc) is 3.53. The second-order valence-electron chi connectivity index (χ2n) is 7.47. The van der Waals surface area contributed by atoms with Crippen LogP contribution in [0.25, 0.3) is 22.1 Å². The third-order valence-corrected chi connectivity index (χ3v) is 5.48. The Labute approximate surface area is 193 Å². The van der Waals surface area contributed by atoms with Gasteiger partial charge in [0.1, 0.15) is 17.0 Å². The summed E-state index contributed by atoms with van der Waals surface area (Å²) in [6, 6.07) is 1.49. The van der Waals surface area contributed by atoms with Gasteiger partial charge < -0.3 is 19.8 Å². The topological polar surface area (TPSA) is 131 Å². The van der Waals surface area contributed by atoms with Crippen molar-refractivity contribution in [1.29, 1.82) is 0 Å². The van der Waals surface area contributed by atoms with Crippen LogP contribution in [-0.2, 0) is 7.05 Å². The normalized spacial score (nSPS) is 18.0. The molecule has 0 aliphatic heterocycles. The van der Waals surface area contributed by atoms with Crippen molar-refractivity contribution in [2.45, 2.75) is 64.7 Å². The lowest BCUT2D eigenvalue weighted by atomic mass is 10.1. The number of tetrazole rings is 1. The van der Waals surface area contributed by atoms with Crippen molar-refractivity contribution in [3.8, 4) is 0 Å². The molecule has 3 N–H and O–H groups in total. The number of pyridine rings is 1. The number of hydrogen-bond donors (Lipinski definition) is 3. The number of nitrogens with zero attached hydrogens (tertiary/aromatic N) is 7. The fourth-order valence-electron chi connectivity index (χ4n) is 3.91. The zero-order valence-electron chi connectivity index (χ0n) is 18.7. The number of H-pyrrole nitrogens is 1. The molecule has 1 fully saturated rings. The van der Waals surface area contributed by atoms with Crippen LogP contribution < -0.4 is 0 Å². The predicted octanol–water partition coefficient (Wildman–Crippen LogP) is 3.88. The number of fused-ring (bicyclic) bond motifs is 3. The minimum atomic E-state index is -2.61. The quantitative estimate of drug-likeness (QED) is 0.297. The van der Waals surface area contributed by atoms with Crippen molar-refractivity contribution >= 4 is 33.7 Å². The molecule has 4 aromatic heterocycles. The molecule has 0 radical (unpaired) electrons. The van der Waals surface area contributed by atoms with Crippen LogP contribution in [0.2, 0.25) is 5.15 Å². The molecule has 13 heteroatoms. The number of aliphatic hydroxyl groups excluding tert-OH is 1. The average molecular weight is 485 g/mol. The highest BCUT2D eigenvalue weighted by molar-refractivity contribution is 6.35. The summed E-state index contributed by atoms with van der Waals surface area (Å²) in [6.45, 7) is 5.28. The van der Waals surface area contributed by atoms with Crippen LogP contribution in [0.15, 0.2) is 12.4 Å². The number of nitrogens with one attached hydrogen (secondary N) is 1. The molecule has 2 unspecified atom stereocenters. The maximum atomic E-state index is 13.1. The number of aryl methyl sites for hydroxylation is 1. The van der Waals surface area contributed by atoms with Gasteiger partial charge in [-0.3, -0.25) is 0 Å². The smallest absolute Gasteiger partial charge is 0.278 e. The molecule has 0 aromatic carbocycles. The monoisotopic (exact) mass is 484 g/mol. The van der Waals surface area contributed by atoms with Crippen LogP contribution in [0.1, 0.15) is 69.9 Å². The van der Waals surface area contributed by atoms with Crippen molar-refractivity contribution in [3.63, 3.8) is 0 Å². The van der Waals surface area contributed by atoms with Gasteiger partial charge in [0.15, 0.2) is 11.5 Å².